The number of methoxy groups -OCH3 is 1. The van der Waals surface area contributed by atoms with Crippen LogP contribution in [0.4, 0.5) is 10.1 Å². The molecule has 0 radical (unpaired) electrons. The van der Waals surface area contributed by atoms with Gasteiger partial charge in [0, 0.05) is 32.8 Å². The lowest BCUT2D eigenvalue weighted by atomic mass is 9.97. The highest BCUT2D eigenvalue weighted by molar-refractivity contribution is 5.56. The summed E-state index contributed by atoms with van der Waals surface area (Å²) in [6, 6.07) is 5.26. The standard InChI is InChI=1S/C16H27FN2O/c1-6-16(2,3)19(4)15-13(8-7-9-14(15)17)12-18-10-11-20-5/h7-9,18H,6,10-12H2,1-5H3. The Bertz CT molecular complexity index is 421. The van der Waals surface area contributed by atoms with E-state index in [2.05, 4.69) is 26.1 Å². The van der Waals surface area contributed by atoms with E-state index < -0.39 is 0 Å². The van der Waals surface area contributed by atoms with Gasteiger partial charge in [-0.1, -0.05) is 19.1 Å². The van der Waals surface area contributed by atoms with Gasteiger partial charge in [-0.25, -0.2) is 4.39 Å². The predicted octanol–water partition coefficient (Wildman–Crippen LogP) is 3.19. The first-order chi connectivity index (χ1) is 9.44. The molecule has 0 heterocycles. The molecule has 0 bridgehead atoms. The van der Waals surface area contributed by atoms with Gasteiger partial charge in [-0.2, -0.15) is 0 Å². The summed E-state index contributed by atoms with van der Waals surface area (Å²) in [5, 5.41) is 3.28. The molecule has 0 aromatic heterocycles. The number of hydrogen-bond donors (Lipinski definition) is 1. The maximum Gasteiger partial charge on any atom is 0.146 e. The van der Waals surface area contributed by atoms with Crippen LogP contribution >= 0.6 is 0 Å². The fraction of sp³-hybridized carbons (Fsp3) is 0.625. The second-order valence-corrected chi connectivity index (χ2v) is 5.64. The lowest BCUT2D eigenvalue weighted by Crippen LogP contribution is -2.41. The predicted molar refractivity (Wildman–Crippen MR) is 82.8 cm³/mol. The number of benzene rings is 1. The molecule has 3 nitrogen and oxygen atoms in total. The highest BCUT2D eigenvalue weighted by Crippen LogP contribution is 2.30. The molecular formula is C16H27FN2O. The van der Waals surface area contributed by atoms with E-state index in [0.29, 0.717) is 18.8 Å². The minimum atomic E-state index is -0.167. The summed E-state index contributed by atoms with van der Waals surface area (Å²) in [5.74, 6) is -0.167. The van der Waals surface area contributed by atoms with Crippen molar-refractivity contribution < 1.29 is 9.13 Å². The molecule has 1 aromatic rings. The summed E-state index contributed by atoms with van der Waals surface area (Å²) in [6.45, 7) is 8.42. The third-order valence-corrected chi connectivity index (χ3v) is 3.98. The first-order valence-corrected chi connectivity index (χ1v) is 7.15. The molecule has 114 valence electrons. The van der Waals surface area contributed by atoms with Crippen molar-refractivity contribution in [1.82, 2.24) is 5.32 Å². The Balaban J connectivity index is 2.93. The summed E-state index contributed by atoms with van der Waals surface area (Å²) in [7, 11) is 3.63. The molecular weight excluding hydrogens is 255 g/mol. The van der Waals surface area contributed by atoms with Gasteiger partial charge in [-0.05, 0) is 31.9 Å². The van der Waals surface area contributed by atoms with E-state index in [-0.39, 0.29) is 11.4 Å². The zero-order valence-corrected chi connectivity index (χ0v) is 13.3. The summed E-state index contributed by atoms with van der Waals surface area (Å²) in [5.41, 5.74) is 1.58. The highest BCUT2D eigenvalue weighted by atomic mass is 19.1. The topological polar surface area (TPSA) is 24.5 Å². The zero-order chi connectivity index (χ0) is 15.2. The van der Waals surface area contributed by atoms with Crippen LogP contribution in [0.5, 0.6) is 0 Å². The van der Waals surface area contributed by atoms with Crippen LogP contribution < -0.4 is 10.2 Å². The van der Waals surface area contributed by atoms with Crippen molar-refractivity contribution in [3.8, 4) is 0 Å². The van der Waals surface area contributed by atoms with E-state index in [4.69, 9.17) is 4.74 Å². The Hall–Kier alpha value is -1.13. The largest absolute Gasteiger partial charge is 0.383 e. The molecule has 0 spiro atoms. The fourth-order valence-electron chi connectivity index (χ4n) is 2.02. The van der Waals surface area contributed by atoms with E-state index >= 15 is 0 Å². The van der Waals surface area contributed by atoms with E-state index in [9.17, 15) is 4.39 Å². The highest BCUT2D eigenvalue weighted by Gasteiger charge is 2.25. The number of anilines is 1. The lowest BCUT2D eigenvalue weighted by molar-refractivity contribution is 0.199. The van der Waals surface area contributed by atoms with Crippen LogP contribution in [0.3, 0.4) is 0 Å². The average molecular weight is 282 g/mol. The van der Waals surface area contributed by atoms with E-state index in [0.717, 1.165) is 18.5 Å². The first-order valence-electron chi connectivity index (χ1n) is 7.15. The Morgan fingerprint density at radius 2 is 2.05 bits per heavy atom. The minimum absolute atomic E-state index is 0.0799. The van der Waals surface area contributed by atoms with Crippen LogP contribution in [-0.2, 0) is 11.3 Å². The van der Waals surface area contributed by atoms with E-state index in [1.54, 1.807) is 13.2 Å². The van der Waals surface area contributed by atoms with Crippen LogP contribution in [-0.4, -0.2) is 32.8 Å². The van der Waals surface area contributed by atoms with Gasteiger partial charge in [0.1, 0.15) is 5.82 Å². The van der Waals surface area contributed by atoms with Gasteiger partial charge in [0.2, 0.25) is 0 Å². The van der Waals surface area contributed by atoms with Gasteiger partial charge in [-0.3, -0.25) is 0 Å². The van der Waals surface area contributed by atoms with E-state index in [1.165, 1.54) is 6.07 Å². The number of ether oxygens (including phenoxy) is 1. The molecule has 0 saturated carbocycles. The molecule has 1 aromatic carbocycles. The monoisotopic (exact) mass is 282 g/mol. The molecule has 0 amide bonds. The van der Waals surface area contributed by atoms with Gasteiger partial charge < -0.3 is 15.0 Å². The van der Waals surface area contributed by atoms with Gasteiger partial charge >= 0.3 is 0 Å². The quantitative estimate of drug-likeness (QED) is 0.741. The maximum atomic E-state index is 14.2. The SMILES string of the molecule is CCC(C)(C)N(C)c1c(F)cccc1CNCCOC. The molecule has 0 fully saturated rings. The number of halogens is 1. The van der Waals surface area contributed by atoms with Crippen molar-refractivity contribution >= 4 is 5.69 Å². The molecule has 0 atom stereocenters. The smallest absolute Gasteiger partial charge is 0.146 e. The van der Waals surface area contributed by atoms with Crippen molar-refractivity contribution in [2.24, 2.45) is 0 Å². The second kappa shape index (κ2) is 7.60. The molecule has 0 unspecified atom stereocenters. The van der Waals surface area contributed by atoms with Gasteiger partial charge in [-0.15, -0.1) is 0 Å². The summed E-state index contributed by atoms with van der Waals surface area (Å²) in [6.07, 6.45) is 0.953. The number of rotatable bonds is 8. The Labute approximate surface area is 122 Å². The zero-order valence-electron chi connectivity index (χ0n) is 13.3. The molecule has 0 aliphatic carbocycles. The summed E-state index contributed by atoms with van der Waals surface area (Å²) < 4.78 is 19.3. The van der Waals surface area contributed by atoms with Gasteiger partial charge in [0.25, 0.3) is 0 Å². The Morgan fingerprint density at radius 1 is 1.35 bits per heavy atom. The number of hydrogen-bond acceptors (Lipinski definition) is 3. The minimum Gasteiger partial charge on any atom is -0.383 e. The van der Waals surface area contributed by atoms with Crippen molar-refractivity contribution in [2.75, 3.05) is 32.2 Å². The number of nitrogens with one attached hydrogen (secondary N) is 1. The van der Waals surface area contributed by atoms with Crippen LogP contribution in [0.2, 0.25) is 0 Å². The summed E-state index contributed by atoms with van der Waals surface area (Å²) in [4.78, 5) is 2.04. The molecule has 0 saturated heterocycles. The van der Waals surface area contributed by atoms with Crippen LogP contribution in [0.15, 0.2) is 18.2 Å². The van der Waals surface area contributed by atoms with Crippen LogP contribution in [0.25, 0.3) is 0 Å². The first kappa shape index (κ1) is 16.9. The molecule has 0 aliphatic rings. The Kier molecular flexibility index (Phi) is 6.43. The van der Waals surface area contributed by atoms with Crippen molar-refractivity contribution in [1.29, 1.82) is 0 Å². The van der Waals surface area contributed by atoms with Gasteiger partial charge in [0.15, 0.2) is 0 Å². The van der Waals surface area contributed by atoms with E-state index in [1.807, 2.05) is 18.0 Å². The molecule has 1 N–H and O–H groups in total. The maximum absolute atomic E-state index is 14.2. The lowest BCUT2D eigenvalue weighted by Gasteiger charge is -2.38. The molecule has 4 heteroatoms. The van der Waals surface area contributed by atoms with Crippen molar-refractivity contribution in [3.05, 3.63) is 29.6 Å². The number of para-hydroxylation sites is 1. The van der Waals surface area contributed by atoms with Crippen LogP contribution in [0.1, 0.15) is 32.8 Å². The van der Waals surface area contributed by atoms with Crippen molar-refractivity contribution in [3.63, 3.8) is 0 Å². The molecule has 0 aliphatic heterocycles. The third-order valence-electron chi connectivity index (χ3n) is 3.98. The normalized spacial score (nSPS) is 11.7. The number of nitrogens with zero attached hydrogens (tertiary/aromatic N) is 1. The summed E-state index contributed by atoms with van der Waals surface area (Å²) >= 11 is 0. The van der Waals surface area contributed by atoms with Crippen molar-refractivity contribution in [2.45, 2.75) is 39.3 Å². The molecule has 1 rings (SSSR count). The Morgan fingerprint density at radius 3 is 2.65 bits per heavy atom. The average Bonchev–Trinajstić information content (AvgIpc) is 2.43. The van der Waals surface area contributed by atoms with Crippen LogP contribution in [0, 0.1) is 5.82 Å². The second-order valence-electron chi connectivity index (χ2n) is 5.64. The fourth-order valence-corrected chi connectivity index (χ4v) is 2.02. The molecule has 20 heavy (non-hydrogen) atoms. The third kappa shape index (κ3) is 4.18. The van der Waals surface area contributed by atoms with Gasteiger partial charge in [0.05, 0.1) is 12.3 Å².